The van der Waals surface area contributed by atoms with Gasteiger partial charge in [-0.25, -0.2) is 0 Å². The monoisotopic (exact) mass is 194 g/mol. The minimum Gasteiger partial charge on any atom is -0.481 e. The lowest BCUT2D eigenvalue weighted by Gasteiger charge is -2.09. The second kappa shape index (κ2) is 4.77. The summed E-state index contributed by atoms with van der Waals surface area (Å²) in [5, 5.41) is 17.9. The van der Waals surface area contributed by atoms with E-state index < -0.39 is 12.1 Å². The number of carboxylic acids is 1. The first-order valence-electron chi connectivity index (χ1n) is 4.54. The maximum absolute atomic E-state index is 10.3. The smallest absolute Gasteiger partial charge is 0.305 e. The van der Waals surface area contributed by atoms with Crippen molar-refractivity contribution in [3.05, 3.63) is 35.4 Å². The van der Waals surface area contributed by atoms with Crippen molar-refractivity contribution in [1.29, 1.82) is 0 Å². The van der Waals surface area contributed by atoms with Crippen molar-refractivity contribution >= 4 is 5.97 Å². The van der Waals surface area contributed by atoms with E-state index in [1.165, 1.54) is 0 Å². The zero-order valence-electron chi connectivity index (χ0n) is 8.10. The molecule has 2 N–H and O–H groups in total. The molecule has 0 amide bonds. The lowest BCUT2D eigenvalue weighted by atomic mass is 10.0. The molecule has 0 heterocycles. The molecule has 1 unspecified atom stereocenters. The highest BCUT2D eigenvalue weighted by atomic mass is 16.4. The molecule has 76 valence electrons. The van der Waals surface area contributed by atoms with E-state index in [0.717, 1.165) is 11.1 Å². The quantitative estimate of drug-likeness (QED) is 0.761. The fourth-order valence-electron chi connectivity index (χ4n) is 1.37. The third kappa shape index (κ3) is 3.18. The third-order valence-corrected chi connectivity index (χ3v) is 2.13. The molecule has 3 nitrogen and oxygen atoms in total. The normalized spacial score (nSPS) is 12.4. The zero-order chi connectivity index (χ0) is 10.6. The first-order valence-corrected chi connectivity index (χ1v) is 4.54. The van der Waals surface area contributed by atoms with Gasteiger partial charge in [0.25, 0.3) is 0 Å². The van der Waals surface area contributed by atoms with Crippen LogP contribution in [0.3, 0.4) is 0 Å². The molecule has 0 saturated carbocycles. The molecule has 0 fully saturated rings. The average molecular weight is 194 g/mol. The van der Waals surface area contributed by atoms with Crippen LogP contribution in [0.2, 0.25) is 0 Å². The number of rotatable bonds is 4. The van der Waals surface area contributed by atoms with Crippen molar-refractivity contribution in [2.24, 2.45) is 0 Å². The average Bonchev–Trinajstić information content (AvgIpc) is 2.07. The van der Waals surface area contributed by atoms with Gasteiger partial charge in [-0.2, -0.15) is 0 Å². The summed E-state index contributed by atoms with van der Waals surface area (Å²) < 4.78 is 0. The highest BCUT2D eigenvalue weighted by molar-refractivity contribution is 5.67. The Morgan fingerprint density at radius 3 is 2.64 bits per heavy atom. The fraction of sp³-hybridized carbons (Fsp3) is 0.364. The molecule has 0 aromatic heterocycles. The number of aryl methyl sites for hydroxylation is 1. The first kappa shape index (κ1) is 10.7. The summed E-state index contributed by atoms with van der Waals surface area (Å²) >= 11 is 0. The van der Waals surface area contributed by atoms with Crippen molar-refractivity contribution in [1.82, 2.24) is 0 Å². The van der Waals surface area contributed by atoms with Gasteiger partial charge in [0, 0.05) is 0 Å². The van der Waals surface area contributed by atoms with E-state index in [2.05, 4.69) is 0 Å². The molecule has 0 bridgehead atoms. The van der Waals surface area contributed by atoms with Gasteiger partial charge in [0.1, 0.15) is 0 Å². The molecule has 1 aromatic rings. The van der Waals surface area contributed by atoms with Gasteiger partial charge >= 0.3 is 5.97 Å². The van der Waals surface area contributed by atoms with E-state index in [1.54, 1.807) is 0 Å². The summed E-state index contributed by atoms with van der Waals surface area (Å²) in [6, 6.07) is 7.65. The van der Waals surface area contributed by atoms with Crippen molar-refractivity contribution in [2.45, 2.75) is 25.9 Å². The van der Waals surface area contributed by atoms with Crippen molar-refractivity contribution < 1.29 is 15.0 Å². The number of carbonyl (C=O) groups is 1. The summed E-state index contributed by atoms with van der Waals surface area (Å²) in [6.45, 7) is 1.95. The lowest BCUT2D eigenvalue weighted by molar-refractivity contribution is -0.139. The van der Waals surface area contributed by atoms with E-state index >= 15 is 0 Å². The lowest BCUT2D eigenvalue weighted by Crippen LogP contribution is -2.16. The van der Waals surface area contributed by atoms with Gasteiger partial charge in [0.15, 0.2) is 0 Å². The van der Waals surface area contributed by atoms with Gasteiger partial charge in [-0.05, 0) is 24.5 Å². The van der Waals surface area contributed by atoms with Crippen LogP contribution in [0, 0.1) is 6.92 Å². The molecule has 1 atom stereocenters. The van der Waals surface area contributed by atoms with Gasteiger partial charge in [-0.3, -0.25) is 4.79 Å². The Morgan fingerprint density at radius 2 is 2.07 bits per heavy atom. The zero-order valence-corrected chi connectivity index (χ0v) is 8.10. The number of aliphatic carboxylic acids is 1. The maximum Gasteiger partial charge on any atom is 0.305 e. The van der Waals surface area contributed by atoms with Crippen molar-refractivity contribution in [3.8, 4) is 0 Å². The van der Waals surface area contributed by atoms with Crippen LogP contribution in [0.4, 0.5) is 0 Å². The summed E-state index contributed by atoms with van der Waals surface area (Å²) in [7, 11) is 0. The summed E-state index contributed by atoms with van der Waals surface area (Å²) in [4.78, 5) is 10.3. The Morgan fingerprint density at radius 1 is 1.43 bits per heavy atom. The summed E-state index contributed by atoms with van der Waals surface area (Å²) in [5.41, 5.74) is 2.08. The van der Waals surface area contributed by atoms with Crippen LogP contribution >= 0.6 is 0 Å². The molecule has 0 spiro atoms. The van der Waals surface area contributed by atoms with E-state index in [0.29, 0.717) is 6.42 Å². The second-order valence-electron chi connectivity index (χ2n) is 3.38. The van der Waals surface area contributed by atoms with E-state index in [4.69, 9.17) is 5.11 Å². The Hall–Kier alpha value is -1.35. The molecule has 1 aromatic carbocycles. The standard InChI is InChI=1S/C11H14O3/c1-8-4-2-3-5-9(8)6-10(12)7-11(13)14/h2-5,10,12H,6-7H2,1H3,(H,13,14). The number of aliphatic hydroxyl groups excluding tert-OH is 1. The highest BCUT2D eigenvalue weighted by Gasteiger charge is 2.10. The molecular weight excluding hydrogens is 180 g/mol. The van der Waals surface area contributed by atoms with Crippen LogP contribution in [0.25, 0.3) is 0 Å². The predicted molar refractivity (Wildman–Crippen MR) is 53.1 cm³/mol. The van der Waals surface area contributed by atoms with E-state index in [1.807, 2.05) is 31.2 Å². The van der Waals surface area contributed by atoms with E-state index in [-0.39, 0.29) is 6.42 Å². The van der Waals surface area contributed by atoms with Gasteiger partial charge < -0.3 is 10.2 Å². The Kier molecular flexibility index (Phi) is 3.65. The van der Waals surface area contributed by atoms with Gasteiger partial charge in [0.2, 0.25) is 0 Å². The molecular formula is C11H14O3. The molecule has 14 heavy (non-hydrogen) atoms. The third-order valence-electron chi connectivity index (χ3n) is 2.13. The fourth-order valence-corrected chi connectivity index (χ4v) is 1.37. The number of aliphatic hydroxyl groups is 1. The van der Waals surface area contributed by atoms with Crippen LogP contribution in [-0.2, 0) is 11.2 Å². The van der Waals surface area contributed by atoms with Crippen molar-refractivity contribution in [3.63, 3.8) is 0 Å². The molecule has 0 radical (unpaired) electrons. The topological polar surface area (TPSA) is 57.5 Å². The molecule has 0 aliphatic carbocycles. The number of carboxylic acid groups (broad SMARTS) is 1. The molecule has 3 heteroatoms. The molecule has 1 rings (SSSR count). The maximum atomic E-state index is 10.3. The Bertz CT molecular complexity index is 320. The minimum absolute atomic E-state index is 0.200. The number of hydrogen-bond donors (Lipinski definition) is 2. The van der Waals surface area contributed by atoms with Crippen molar-refractivity contribution in [2.75, 3.05) is 0 Å². The Labute approximate surface area is 83.0 Å². The Balaban J connectivity index is 2.60. The van der Waals surface area contributed by atoms with Gasteiger partial charge in [-0.1, -0.05) is 24.3 Å². The number of benzene rings is 1. The van der Waals surface area contributed by atoms with E-state index in [9.17, 15) is 9.90 Å². The second-order valence-corrected chi connectivity index (χ2v) is 3.38. The highest BCUT2D eigenvalue weighted by Crippen LogP contribution is 2.10. The van der Waals surface area contributed by atoms with Gasteiger partial charge in [-0.15, -0.1) is 0 Å². The van der Waals surface area contributed by atoms with Crippen LogP contribution in [0.15, 0.2) is 24.3 Å². The first-order chi connectivity index (χ1) is 6.59. The van der Waals surface area contributed by atoms with Crippen LogP contribution in [0.1, 0.15) is 17.5 Å². The largest absolute Gasteiger partial charge is 0.481 e. The van der Waals surface area contributed by atoms with Crippen LogP contribution in [-0.4, -0.2) is 22.3 Å². The van der Waals surface area contributed by atoms with Crippen LogP contribution < -0.4 is 0 Å². The SMILES string of the molecule is Cc1ccccc1CC(O)CC(=O)O. The number of hydrogen-bond acceptors (Lipinski definition) is 2. The van der Waals surface area contributed by atoms with Crippen LogP contribution in [0.5, 0.6) is 0 Å². The molecule has 0 aliphatic rings. The summed E-state index contributed by atoms with van der Waals surface area (Å²) in [5.74, 6) is -0.967. The molecule has 0 aliphatic heterocycles. The minimum atomic E-state index is -0.967. The summed E-state index contributed by atoms with van der Waals surface area (Å²) in [6.07, 6.45) is -0.596. The molecule has 0 saturated heterocycles. The van der Waals surface area contributed by atoms with Gasteiger partial charge in [0.05, 0.1) is 12.5 Å². The predicted octanol–water partition coefficient (Wildman–Crippen LogP) is 1.37.